The van der Waals surface area contributed by atoms with Crippen molar-refractivity contribution in [2.45, 2.75) is 19.5 Å². The summed E-state index contributed by atoms with van der Waals surface area (Å²) in [5, 5.41) is 0. The van der Waals surface area contributed by atoms with Gasteiger partial charge < -0.3 is 0 Å². The number of nitrogens with zero attached hydrogens (tertiary/aromatic N) is 1. The van der Waals surface area contributed by atoms with Crippen LogP contribution in [0.25, 0.3) is 0 Å². The van der Waals surface area contributed by atoms with E-state index in [-0.39, 0.29) is 6.54 Å². The molecule has 0 spiro atoms. The van der Waals surface area contributed by atoms with Gasteiger partial charge in [0, 0.05) is 12.3 Å². The average Bonchev–Trinajstić information content (AvgIpc) is 2.01. The largest absolute Gasteiger partial charge is 0.401 e. The minimum atomic E-state index is -4.13. The first-order chi connectivity index (χ1) is 6.39. The number of thiol groups is 1. The van der Waals surface area contributed by atoms with Crippen LogP contribution in [-0.2, 0) is 0 Å². The van der Waals surface area contributed by atoms with Crippen molar-refractivity contribution in [1.29, 1.82) is 0 Å². The van der Waals surface area contributed by atoms with E-state index in [1.54, 1.807) is 0 Å². The summed E-state index contributed by atoms with van der Waals surface area (Å²) in [6.45, 7) is 5.34. The van der Waals surface area contributed by atoms with Crippen LogP contribution >= 0.6 is 12.6 Å². The van der Waals surface area contributed by atoms with Crippen LogP contribution in [0.4, 0.5) is 13.2 Å². The highest BCUT2D eigenvalue weighted by Gasteiger charge is 2.30. The van der Waals surface area contributed by atoms with E-state index < -0.39 is 12.7 Å². The van der Waals surface area contributed by atoms with Crippen molar-refractivity contribution in [2.75, 3.05) is 25.4 Å². The Labute approximate surface area is 88.4 Å². The lowest BCUT2D eigenvalue weighted by atomic mass is 10.3. The third kappa shape index (κ3) is 7.26. The van der Waals surface area contributed by atoms with Crippen LogP contribution < -0.4 is 0 Å². The molecule has 0 amide bonds. The average molecular weight is 227 g/mol. The molecule has 0 N–H and O–H groups in total. The van der Waals surface area contributed by atoms with Crippen LogP contribution in [0.5, 0.6) is 0 Å². The molecule has 0 aromatic rings. The quantitative estimate of drug-likeness (QED) is 0.539. The molecule has 0 aliphatic carbocycles. The van der Waals surface area contributed by atoms with E-state index in [0.717, 1.165) is 0 Å². The Kier molecular flexibility index (Phi) is 6.27. The Hall–Kier alpha value is -0.160. The number of halogens is 3. The smallest absolute Gasteiger partial charge is 0.291 e. The number of hydrogen-bond donors (Lipinski definition) is 1. The molecule has 0 aliphatic heterocycles. The maximum absolute atomic E-state index is 12.1. The molecule has 0 heterocycles. The molecule has 0 atom stereocenters. The summed E-state index contributed by atoms with van der Waals surface area (Å²) in [4.78, 5) is 1.35. The van der Waals surface area contributed by atoms with Gasteiger partial charge in [-0.15, -0.1) is 0 Å². The lowest BCUT2D eigenvalue weighted by Gasteiger charge is -2.23. The maximum atomic E-state index is 12.1. The van der Waals surface area contributed by atoms with Gasteiger partial charge in [-0.05, 0) is 13.0 Å². The van der Waals surface area contributed by atoms with Crippen molar-refractivity contribution in [3.63, 3.8) is 0 Å². The van der Waals surface area contributed by atoms with Gasteiger partial charge in [0.15, 0.2) is 0 Å². The maximum Gasteiger partial charge on any atom is 0.401 e. The molecule has 0 radical (unpaired) electrons. The molecular formula is C9H16F3NS. The molecule has 5 heteroatoms. The zero-order chi connectivity index (χ0) is 11.2. The van der Waals surface area contributed by atoms with Gasteiger partial charge >= 0.3 is 6.18 Å². The molecule has 0 rings (SSSR count). The number of rotatable bonds is 6. The first-order valence-electron chi connectivity index (χ1n) is 4.45. The van der Waals surface area contributed by atoms with Crippen LogP contribution in [-0.4, -0.2) is 36.5 Å². The van der Waals surface area contributed by atoms with E-state index in [1.165, 1.54) is 4.90 Å². The molecule has 0 aromatic carbocycles. The lowest BCUT2D eigenvalue weighted by molar-refractivity contribution is -0.144. The molecule has 0 bridgehead atoms. The summed E-state index contributed by atoms with van der Waals surface area (Å²) in [7, 11) is 0. The van der Waals surface area contributed by atoms with E-state index in [9.17, 15) is 13.2 Å². The lowest BCUT2D eigenvalue weighted by Crippen LogP contribution is -2.36. The van der Waals surface area contributed by atoms with Crippen molar-refractivity contribution in [1.82, 2.24) is 4.90 Å². The van der Waals surface area contributed by atoms with Gasteiger partial charge in [0.05, 0.1) is 6.54 Å². The van der Waals surface area contributed by atoms with Crippen molar-refractivity contribution in [2.24, 2.45) is 0 Å². The monoisotopic (exact) mass is 227 g/mol. The second-order valence-corrected chi connectivity index (χ2v) is 3.55. The second kappa shape index (κ2) is 6.35. The highest BCUT2D eigenvalue weighted by Crippen LogP contribution is 2.17. The predicted molar refractivity (Wildman–Crippen MR) is 55.8 cm³/mol. The first-order valence-corrected chi connectivity index (χ1v) is 5.09. The van der Waals surface area contributed by atoms with Crippen LogP contribution in [0.15, 0.2) is 12.2 Å². The minimum Gasteiger partial charge on any atom is -0.291 e. The Morgan fingerprint density at radius 3 is 2.36 bits per heavy atom. The Bertz CT molecular complexity index is 179. The standard InChI is InChI=1S/C9H16F3NS/c1-3-4-13(5-8(2)6-14)7-9(10,11)12/h14H,2-7H2,1H3. The van der Waals surface area contributed by atoms with E-state index in [1.807, 2.05) is 6.92 Å². The normalized spacial score (nSPS) is 12.1. The van der Waals surface area contributed by atoms with Crippen LogP contribution in [0.3, 0.4) is 0 Å². The van der Waals surface area contributed by atoms with Gasteiger partial charge in [0.25, 0.3) is 0 Å². The molecule has 1 nitrogen and oxygen atoms in total. The summed E-state index contributed by atoms with van der Waals surface area (Å²) in [6, 6.07) is 0. The van der Waals surface area contributed by atoms with Crippen LogP contribution in [0.1, 0.15) is 13.3 Å². The third-order valence-electron chi connectivity index (χ3n) is 1.61. The van der Waals surface area contributed by atoms with Gasteiger partial charge in [0.2, 0.25) is 0 Å². The second-order valence-electron chi connectivity index (χ2n) is 3.23. The van der Waals surface area contributed by atoms with Crippen molar-refractivity contribution in [3.05, 3.63) is 12.2 Å². The van der Waals surface area contributed by atoms with Gasteiger partial charge in [0.1, 0.15) is 0 Å². The first kappa shape index (κ1) is 13.8. The van der Waals surface area contributed by atoms with Gasteiger partial charge in [-0.25, -0.2) is 0 Å². The van der Waals surface area contributed by atoms with E-state index >= 15 is 0 Å². The summed E-state index contributed by atoms with van der Waals surface area (Å²) >= 11 is 3.96. The third-order valence-corrected chi connectivity index (χ3v) is 2.06. The zero-order valence-electron chi connectivity index (χ0n) is 8.27. The number of alkyl halides is 3. The molecular weight excluding hydrogens is 211 g/mol. The summed E-state index contributed by atoms with van der Waals surface area (Å²) in [5.74, 6) is 0.429. The van der Waals surface area contributed by atoms with E-state index in [4.69, 9.17) is 0 Å². The molecule has 14 heavy (non-hydrogen) atoms. The SMILES string of the molecule is C=C(CS)CN(CCC)CC(F)(F)F. The fraction of sp³-hybridized carbons (Fsp3) is 0.778. The molecule has 0 fully saturated rings. The highest BCUT2D eigenvalue weighted by molar-refractivity contribution is 7.80. The molecule has 84 valence electrons. The minimum absolute atomic E-state index is 0.275. The predicted octanol–water partition coefficient (Wildman–Crippen LogP) is 2.75. The van der Waals surface area contributed by atoms with E-state index in [0.29, 0.717) is 24.3 Å². The summed E-state index contributed by atoms with van der Waals surface area (Å²) in [6.07, 6.45) is -3.43. The van der Waals surface area contributed by atoms with Gasteiger partial charge in [-0.3, -0.25) is 4.90 Å². The summed E-state index contributed by atoms with van der Waals surface area (Å²) < 4.78 is 36.3. The summed E-state index contributed by atoms with van der Waals surface area (Å²) in [5.41, 5.74) is 0.714. The van der Waals surface area contributed by atoms with Crippen LogP contribution in [0.2, 0.25) is 0 Å². The van der Waals surface area contributed by atoms with Gasteiger partial charge in [-0.1, -0.05) is 19.1 Å². The Balaban J connectivity index is 4.08. The van der Waals surface area contributed by atoms with Crippen molar-refractivity contribution >= 4 is 12.6 Å². The molecule has 0 saturated heterocycles. The Morgan fingerprint density at radius 2 is 2.00 bits per heavy atom. The van der Waals surface area contributed by atoms with Gasteiger partial charge in [-0.2, -0.15) is 25.8 Å². The topological polar surface area (TPSA) is 3.24 Å². The fourth-order valence-corrected chi connectivity index (χ4v) is 1.25. The molecule has 0 saturated carbocycles. The van der Waals surface area contributed by atoms with Crippen molar-refractivity contribution < 1.29 is 13.2 Å². The Morgan fingerprint density at radius 1 is 1.43 bits per heavy atom. The molecule has 0 aliphatic rings. The highest BCUT2D eigenvalue weighted by atomic mass is 32.1. The van der Waals surface area contributed by atoms with Crippen LogP contribution in [0, 0.1) is 0 Å². The van der Waals surface area contributed by atoms with E-state index in [2.05, 4.69) is 19.2 Å². The number of hydrogen-bond acceptors (Lipinski definition) is 2. The molecule has 0 aromatic heterocycles. The zero-order valence-corrected chi connectivity index (χ0v) is 9.17. The fourth-order valence-electron chi connectivity index (χ4n) is 1.15. The van der Waals surface area contributed by atoms with Crippen molar-refractivity contribution in [3.8, 4) is 0 Å². The molecule has 0 unspecified atom stereocenters.